The van der Waals surface area contributed by atoms with Gasteiger partial charge in [0.15, 0.2) is 0 Å². The predicted octanol–water partition coefficient (Wildman–Crippen LogP) is 9.95. The van der Waals surface area contributed by atoms with E-state index < -0.39 is 59.4 Å². The van der Waals surface area contributed by atoms with Crippen molar-refractivity contribution in [2.24, 2.45) is 0 Å². The Balaban J connectivity index is 1.39. The Bertz CT molecular complexity index is 1670. The third kappa shape index (κ3) is 5.16. The molecule has 0 spiro atoms. The first-order chi connectivity index (χ1) is 20.6. The van der Waals surface area contributed by atoms with Crippen molar-refractivity contribution in [3.63, 3.8) is 0 Å². The Morgan fingerprint density at radius 1 is 0.535 bits per heavy atom. The summed E-state index contributed by atoms with van der Waals surface area (Å²) in [5, 5.41) is 0. The zero-order valence-corrected chi connectivity index (χ0v) is 24.8. The maximum absolute atomic E-state index is 13.9. The van der Waals surface area contributed by atoms with Crippen LogP contribution in [-0.4, -0.2) is 0 Å². The molecule has 0 saturated carbocycles. The van der Waals surface area contributed by atoms with Gasteiger partial charge < -0.3 is 0 Å². The van der Waals surface area contributed by atoms with Gasteiger partial charge in [0, 0.05) is 0 Å². The van der Waals surface area contributed by atoms with E-state index in [1.165, 1.54) is 12.1 Å². The van der Waals surface area contributed by atoms with E-state index in [0.29, 0.717) is 35.5 Å². The van der Waals surface area contributed by atoms with E-state index in [1.54, 1.807) is 0 Å². The van der Waals surface area contributed by atoms with Crippen molar-refractivity contribution >= 4 is 12.2 Å². The van der Waals surface area contributed by atoms with Gasteiger partial charge in [-0.3, -0.25) is 0 Å². The number of halogens is 6. The second-order valence-corrected chi connectivity index (χ2v) is 12.3. The molecule has 0 aromatic heterocycles. The Kier molecular flexibility index (Phi) is 6.92. The van der Waals surface area contributed by atoms with E-state index in [-0.39, 0.29) is 0 Å². The van der Waals surface area contributed by atoms with E-state index in [2.05, 4.69) is 0 Å². The summed E-state index contributed by atoms with van der Waals surface area (Å²) < 4.78 is 95.7. The summed E-state index contributed by atoms with van der Waals surface area (Å²) >= 11 is -2.28. The number of hydrogen-bond donors (Lipinski definition) is 0. The van der Waals surface area contributed by atoms with Gasteiger partial charge in [-0.25, -0.2) is 0 Å². The van der Waals surface area contributed by atoms with Crippen molar-refractivity contribution in [2.75, 3.05) is 0 Å². The molecule has 0 N–H and O–H groups in total. The number of allylic oxidation sites excluding steroid dienone is 2. The zero-order chi connectivity index (χ0) is 29.9. The second-order valence-electron chi connectivity index (χ2n) is 10.9. The van der Waals surface area contributed by atoms with Crippen LogP contribution in [0, 0.1) is 0 Å². The zero-order valence-electron chi connectivity index (χ0n) is 22.4. The molecule has 1 aliphatic heterocycles. The molecular formula is C34H22F6O2Zr. The molecule has 4 aromatic rings. The van der Waals surface area contributed by atoms with Crippen molar-refractivity contribution in [1.82, 2.24) is 0 Å². The molecule has 2 aliphatic carbocycles. The minimum absolute atomic E-state index is 0.296. The van der Waals surface area contributed by atoms with Crippen LogP contribution >= 0.6 is 0 Å². The molecule has 0 radical (unpaired) electrons. The molecule has 2 nitrogen and oxygen atoms in total. The van der Waals surface area contributed by atoms with Gasteiger partial charge in [0.1, 0.15) is 0 Å². The van der Waals surface area contributed by atoms with Gasteiger partial charge in [-0.15, -0.1) is 0 Å². The van der Waals surface area contributed by atoms with Gasteiger partial charge in [-0.2, -0.15) is 0 Å². The van der Waals surface area contributed by atoms with Crippen LogP contribution in [0.4, 0.5) is 26.3 Å². The van der Waals surface area contributed by atoms with Gasteiger partial charge in [0.2, 0.25) is 0 Å². The van der Waals surface area contributed by atoms with Crippen LogP contribution in [0.3, 0.4) is 0 Å². The minimum atomic E-state index is -4.54. The second kappa shape index (κ2) is 10.5. The van der Waals surface area contributed by atoms with Crippen LogP contribution in [0.5, 0.6) is 11.5 Å². The molecule has 7 rings (SSSR count). The van der Waals surface area contributed by atoms with Gasteiger partial charge in [-0.1, -0.05) is 0 Å². The fourth-order valence-corrected chi connectivity index (χ4v) is 7.89. The van der Waals surface area contributed by atoms with Gasteiger partial charge in [0.05, 0.1) is 0 Å². The third-order valence-corrected chi connectivity index (χ3v) is 9.83. The molecule has 9 heteroatoms. The summed E-state index contributed by atoms with van der Waals surface area (Å²) in [6.45, 7) is 0. The molecule has 2 atom stereocenters. The summed E-state index contributed by atoms with van der Waals surface area (Å²) in [5.74, 6) is -0.333. The van der Waals surface area contributed by atoms with Crippen molar-refractivity contribution in [3.05, 3.63) is 141 Å². The summed E-state index contributed by atoms with van der Waals surface area (Å²) in [5.41, 5.74) is 4.75. The van der Waals surface area contributed by atoms with Crippen molar-refractivity contribution in [3.8, 4) is 11.5 Å². The quantitative estimate of drug-likeness (QED) is 0.174. The Labute approximate surface area is 256 Å². The average molecular weight is 668 g/mol. The van der Waals surface area contributed by atoms with Crippen LogP contribution in [0.15, 0.2) is 96.1 Å². The molecule has 0 fully saturated rings. The van der Waals surface area contributed by atoms with Crippen LogP contribution in [-0.2, 0) is 36.5 Å². The van der Waals surface area contributed by atoms with Crippen molar-refractivity contribution in [1.29, 1.82) is 0 Å². The van der Waals surface area contributed by atoms with E-state index in [9.17, 15) is 26.3 Å². The van der Waals surface area contributed by atoms with E-state index in [0.717, 1.165) is 57.7 Å². The SMILES string of the molecule is FC(F)(F)c1ccc2c(c1)C1C(=Cc3ccccc31)CCC1=Cc3ccccc3C1c1cc(C(F)(F)F)ccc1[O][Zr][O]2. The number of fused-ring (bicyclic) bond motifs is 10. The summed E-state index contributed by atoms with van der Waals surface area (Å²) in [4.78, 5) is 0. The molecule has 0 bridgehead atoms. The van der Waals surface area contributed by atoms with Crippen molar-refractivity contribution in [2.45, 2.75) is 37.0 Å². The number of rotatable bonds is 0. The van der Waals surface area contributed by atoms with Gasteiger partial charge >= 0.3 is 257 Å². The average Bonchev–Trinajstić information content (AvgIpc) is 3.53. The first kappa shape index (κ1) is 28.2. The standard InChI is InChI=1S/C34H24F6O2.Zr/c35-33(36,37)23-11-13-29(41)27(17-23)31-21(15-19-5-1-3-7-25(19)31)9-10-22-16-20-6-2-4-8-26(20)32(22)28-18-24(34(38,39)40)12-14-30(28)42;/h1-8,11-18,31-32,41-42H,9-10H2;/q;+2/p-2. The molecule has 2 unspecified atom stereocenters. The number of hydrogen-bond acceptors (Lipinski definition) is 2. The molecule has 216 valence electrons. The first-order valence-corrected chi connectivity index (χ1v) is 15.7. The fraction of sp³-hybridized carbons (Fsp3) is 0.176. The Morgan fingerprint density at radius 2 is 0.953 bits per heavy atom. The molecule has 43 heavy (non-hydrogen) atoms. The predicted molar refractivity (Wildman–Crippen MR) is 146 cm³/mol. The number of benzene rings is 4. The first-order valence-electron chi connectivity index (χ1n) is 13.7. The summed E-state index contributed by atoms with van der Waals surface area (Å²) in [6, 6.07) is 22.2. The molecule has 0 amide bonds. The molecule has 3 aliphatic rings. The fourth-order valence-electron chi connectivity index (χ4n) is 6.43. The van der Waals surface area contributed by atoms with E-state index in [4.69, 9.17) is 5.63 Å². The van der Waals surface area contributed by atoms with E-state index >= 15 is 0 Å². The normalized spacial score (nSPS) is 19.1. The Morgan fingerprint density at radius 3 is 1.37 bits per heavy atom. The third-order valence-electron chi connectivity index (χ3n) is 8.34. The molecule has 0 saturated heterocycles. The van der Waals surface area contributed by atoms with Crippen LogP contribution in [0.2, 0.25) is 0 Å². The van der Waals surface area contributed by atoms with Gasteiger partial charge in [-0.05, 0) is 0 Å². The molecule has 1 heterocycles. The van der Waals surface area contributed by atoms with Gasteiger partial charge in [0.25, 0.3) is 0 Å². The number of alkyl halides is 6. The van der Waals surface area contributed by atoms with E-state index in [1.807, 2.05) is 60.7 Å². The Hall–Kier alpha value is -3.58. The summed E-state index contributed by atoms with van der Waals surface area (Å²) in [6.07, 6.45) is -4.04. The maximum atomic E-state index is 13.9. The van der Waals surface area contributed by atoms with Crippen molar-refractivity contribution < 1.29 is 56.1 Å². The molecule has 4 aromatic carbocycles. The monoisotopic (exact) mass is 666 g/mol. The summed E-state index contributed by atoms with van der Waals surface area (Å²) in [7, 11) is 0. The van der Waals surface area contributed by atoms with Crippen LogP contribution in [0.1, 0.15) is 69.2 Å². The molecular weight excluding hydrogens is 646 g/mol. The topological polar surface area (TPSA) is 18.5 Å². The van der Waals surface area contributed by atoms with Crippen LogP contribution < -0.4 is 5.63 Å². The van der Waals surface area contributed by atoms with Crippen LogP contribution in [0.25, 0.3) is 12.2 Å².